The highest BCUT2D eigenvalue weighted by Crippen LogP contribution is 2.23. The minimum atomic E-state index is -3.55. The summed E-state index contributed by atoms with van der Waals surface area (Å²) in [6.07, 6.45) is 1.95. The van der Waals surface area contributed by atoms with E-state index in [4.69, 9.17) is 0 Å². The van der Waals surface area contributed by atoms with Gasteiger partial charge in [0.05, 0.1) is 29.7 Å². The third kappa shape index (κ3) is 6.70. The van der Waals surface area contributed by atoms with Crippen molar-refractivity contribution in [1.82, 2.24) is 5.32 Å². The van der Waals surface area contributed by atoms with Crippen LogP contribution in [-0.4, -0.2) is 32.5 Å². The largest absolute Gasteiger partial charge is 0.350 e. The molecule has 0 bridgehead atoms. The predicted molar refractivity (Wildman–Crippen MR) is 140 cm³/mol. The first-order valence-corrected chi connectivity index (χ1v) is 13.3. The molecule has 0 fully saturated rings. The minimum Gasteiger partial charge on any atom is -0.350 e. The molecule has 3 aromatic rings. The summed E-state index contributed by atoms with van der Waals surface area (Å²) in [7, 11) is -3.55. The van der Waals surface area contributed by atoms with Gasteiger partial charge in [-0.1, -0.05) is 43.3 Å². The average Bonchev–Trinajstić information content (AvgIpc) is 2.83. The van der Waals surface area contributed by atoms with E-state index in [-0.39, 0.29) is 18.5 Å². The Morgan fingerprint density at radius 3 is 2.17 bits per heavy atom. The van der Waals surface area contributed by atoms with Crippen molar-refractivity contribution in [2.75, 3.05) is 15.9 Å². The molecule has 7 nitrogen and oxygen atoms in total. The van der Waals surface area contributed by atoms with Gasteiger partial charge in [-0.3, -0.25) is 13.9 Å². The van der Waals surface area contributed by atoms with Crippen LogP contribution in [-0.2, 0) is 16.6 Å². The van der Waals surface area contributed by atoms with Crippen LogP contribution in [0.5, 0.6) is 0 Å². The second kappa shape index (κ2) is 11.2. The van der Waals surface area contributed by atoms with Crippen LogP contribution in [0.3, 0.4) is 0 Å². The number of para-hydroxylation sites is 1. The third-order valence-electron chi connectivity index (χ3n) is 5.80. The molecule has 0 unspecified atom stereocenters. The van der Waals surface area contributed by atoms with E-state index < -0.39 is 15.9 Å². The molecule has 0 spiro atoms. The van der Waals surface area contributed by atoms with Crippen LogP contribution in [0.4, 0.5) is 11.4 Å². The summed E-state index contributed by atoms with van der Waals surface area (Å²) in [6, 6.07) is 20.8. The lowest BCUT2D eigenvalue weighted by molar-refractivity contribution is 0.0940. The molecule has 3 aromatic carbocycles. The van der Waals surface area contributed by atoms with E-state index in [1.54, 1.807) is 48.5 Å². The molecule has 35 heavy (non-hydrogen) atoms. The fraction of sp³-hybridized carbons (Fsp3) is 0.259. The number of amides is 2. The maximum atomic E-state index is 12.9. The number of rotatable bonds is 9. The van der Waals surface area contributed by atoms with Gasteiger partial charge in [0.2, 0.25) is 10.0 Å². The van der Waals surface area contributed by atoms with E-state index >= 15 is 0 Å². The molecule has 0 heterocycles. The van der Waals surface area contributed by atoms with E-state index in [0.29, 0.717) is 22.5 Å². The number of aryl methyl sites for hydroxylation is 1. The Bertz CT molecular complexity index is 1300. The molecule has 8 heteroatoms. The first kappa shape index (κ1) is 26.0. The number of hydrogen-bond donors (Lipinski definition) is 2. The van der Waals surface area contributed by atoms with Gasteiger partial charge in [-0.15, -0.1) is 0 Å². The summed E-state index contributed by atoms with van der Waals surface area (Å²) in [5.41, 5.74) is 3.47. The van der Waals surface area contributed by atoms with Crippen LogP contribution in [0.1, 0.15) is 52.1 Å². The molecule has 0 aliphatic rings. The molecule has 0 radical (unpaired) electrons. The third-order valence-corrected chi connectivity index (χ3v) is 6.94. The number of nitrogens with zero attached hydrogens (tertiary/aromatic N) is 1. The number of hydrogen-bond acceptors (Lipinski definition) is 4. The van der Waals surface area contributed by atoms with Crippen molar-refractivity contribution in [2.45, 2.75) is 39.8 Å². The molecule has 2 amide bonds. The van der Waals surface area contributed by atoms with Crippen LogP contribution < -0.4 is 14.9 Å². The second-order valence-corrected chi connectivity index (χ2v) is 10.4. The van der Waals surface area contributed by atoms with Crippen molar-refractivity contribution in [2.24, 2.45) is 0 Å². The van der Waals surface area contributed by atoms with Gasteiger partial charge >= 0.3 is 0 Å². The van der Waals surface area contributed by atoms with Gasteiger partial charge in [-0.25, -0.2) is 8.42 Å². The van der Waals surface area contributed by atoms with Gasteiger partial charge in [0, 0.05) is 11.6 Å². The molecule has 0 saturated carbocycles. The number of sulfonamides is 1. The quantitative estimate of drug-likeness (QED) is 0.450. The first-order chi connectivity index (χ1) is 16.6. The number of nitrogens with one attached hydrogen (secondary N) is 2. The fourth-order valence-corrected chi connectivity index (χ4v) is 4.39. The average molecular weight is 494 g/mol. The SMILES string of the molecule is CC[C@@H](C)NC(=O)c1ccccc1NC(=O)c1ccc(N(Cc2ccccc2C)S(C)(=O)=O)cc1. The standard InChI is InChI=1S/C27H31N3O4S/c1-5-20(3)28-27(32)24-12-8-9-13-25(24)29-26(31)21-14-16-23(17-15-21)30(35(4,33)34)18-22-11-7-6-10-19(22)2/h6-17,20H,5,18H2,1-4H3,(H,28,32)(H,29,31)/t20-/m1/s1. The highest BCUT2D eigenvalue weighted by molar-refractivity contribution is 7.92. The Morgan fingerprint density at radius 1 is 0.914 bits per heavy atom. The topological polar surface area (TPSA) is 95.6 Å². The van der Waals surface area contributed by atoms with Gasteiger partial charge in [0.15, 0.2) is 0 Å². The number of carbonyl (C=O) groups excluding carboxylic acids is 2. The molecule has 3 rings (SSSR count). The maximum Gasteiger partial charge on any atom is 0.255 e. The van der Waals surface area contributed by atoms with Gasteiger partial charge in [0.25, 0.3) is 11.8 Å². The molecule has 0 aromatic heterocycles. The Morgan fingerprint density at radius 2 is 1.54 bits per heavy atom. The molecule has 184 valence electrons. The number of anilines is 2. The summed E-state index contributed by atoms with van der Waals surface area (Å²) in [5.74, 6) is -0.657. The zero-order chi connectivity index (χ0) is 25.6. The van der Waals surface area contributed by atoms with Crippen molar-refractivity contribution >= 4 is 33.2 Å². The molecule has 0 aliphatic heterocycles. The van der Waals surface area contributed by atoms with Crippen molar-refractivity contribution in [3.8, 4) is 0 Å². The molecular weight excluding hydrogens is 462 g/mol. The molecular formula is C27H31N3O4S. The fourth-order valence-electron chi connectivity index (χ4n) is 3.51. The molecule has 1 atom stereocenters. The van der Waals surface area contributed by atoms with Crippen molar-refractivity contribution in [3.63, 3.8) is 0 Å². The summed E-state index contributed by atoms with van der Waals surface area (Å²) < 4.78 is 26.3. The highest BCUT2D eigenvalue weighted by atomic mass is 32.2. The molecule has 0 saturated heterocycles. The van der Waals surface area contributed by atoms with Crippen molar-refractivity contribution in [1.29, 1.82) is 0 Å². The zero-order valence-corrected chi connectivity index (χ0v) is 21.2. The van der Waals surface area contributed by atoms with Crippen LogP contribution >= 0.6 is 0 Å². The van der Waals surface area contributed by atoms with Crippen LogP contribution in [0.2, 0.25) is 0 Å². The van der Waals surface area contributed by atoms with Gasteiger partial charge in [0.1, 0.15) is 0 Å². The van der Waals surface area contributed by atoms with E-state index in [9.17, 15) is 18.0 Å². The van der Waals surface area contributed by atoms with Crippen LogP contribution in [0, 0.1) is 6.92 Å². The van der Waals surface area contributed by atoms with Crippen LogP contribution in [0.15, 0.2) is 72.8 Å². The Labute approximate surface area is 207 Å². The summed E-state index contributed by atoms with van der Waals surface area (Å²) in [5, 5.41) is 5.70. The number of carbonyl (C=O) groups is 2. The second-order valence-electron chi connectivity index (χ2n) is 8.53. The Hall–Kier alpha value is -3.65. The summed E-state index contributed by atoms with van der Waals surface area (Å²) in [6.45, 7) is 6.02. The molecule has 0 aliphatic carbocycles. The van der Waals surface area contributed by atoms with Gasteiger partial charge in [-0.2, -0.15) is 0 Å². The lowest BCUT2D eigenvalue weighted by atomic mass is 10.1. The molecule has 2 N–H and O–H groups in total. The lowest BCUT2D eigenvalue weighted by Crippen LogP contribution is -2.32. The predicted octanol–water partition coefficient (Wildman–Crippen LogP) is 4.74. The zero-order valence-electron chi connectivity index (χ0n) is 20.4. The van der Waals surface area contributed by atoms with Crippen LogP contribution in [0.25, 0.3) is 0 Å². The van der Waals surface area contributed by atoms with Gasteiger partial charge in [-0.05, 0) is 67.8 Å². The van der Waals surface area contributed by atoms with E-state index in [1.807, 2.05) is 45.0 Å². The first-order valence-electron chi connectivity index (χ1n) is 11.4. The lowest BCUT2D eigenvalue weighted by Gasteiger charge is -2.23. The van der Waals surface area contributed by atoms with E-state index in [2.05, 4.69) is 10.6 Å². The van der Waals surface area contributed by atoms with E-state index in [0.717, 1.165) is 23.8 Å². The monoisotopic (exact) mass is 493 g/mol. The van der Waals surface area contributed by atoms with Gasteiger partial charge < -0.3 is 10.6 Å². The maximum absolute atomic E-state index is 12.9. The summed E-state index contributed by atoms with van der Waals surface area (Å²) >= 11 is 0. The minimum absolute atomic E-state index is 0.0104. The highest BCUT2D eigenvalue weighted by Gasteiger charge is 2.20. The van der Waals surface area contributed by atoms with Crippen molar-refractivity contribution < 1.29 is 18.0 Å². The normalized spacial score (nSPS) is 12.0. The summed E-state index contributed by atoms with van der Waals surface area (Å²) in [4.78, 5) is 25.5. The Balaban J connectivity index is 1.80. The van der Waals surface area contributed by atoms with Crippen molar-refractivity contribution in [3.05, 3.63) is 95.1 Å². The van der Waals surface area contributed by atoms with E-state index in [1.165, 1.54) is 4.31 Å². The Kier molecular flexibility index (Phi) is 8.30. The number of benzene rings is 3. The smallest absolute Gasteiger partial charge is 0.255 e.